The molecule has 0 radical (unpaired) electrons. The largest absolute Gasteiger partial charge is 0.449 e. The van der Waals surface area contributed by atoms with Gasteiger partial charge in [0.25, 0.3) is 5.91 Å². The summed E-state index contributed by atoms with van der Waals surface area (Å²) in [5, 5.41) is 1.88. The van der Waals surface area contributed by atoms with Crippen LogP contribution in [0.15, 0.2) is 24.3 Å². The van der Waals surface area contributed by atoms with Gasteiger partial charge < -0.3 is 10.5 Å². The molecule has 0 heterocycles. The Morgan fingerprint density at radius 1 is 1.22 bits per heavy atom. The first-order valence-electron chi connectivity index (χ1n) is 5.48. The Balaban J connectivity index is 4.58. The third kappa shape index (κ3) is 6.47. The number of primary amides is 1. The molecular formula is C12H18N2O4. The SMILES string of the molecule is C/C=C/C=C/C(=O)O[C@@H](C(=O)NC(N)=O)C(C)C. The van der Waals surface area contributed by atoms with E-state index < -0.39 is 24.0 Å². The van der Waals surface area contributed by atoms with Crippen molar-refractivity contribution < 1.29 is 19.1 Å². The molecule has 0 bridgehead atoms. The van der Waals surface area contributed by atoms with Gasteiger partial charge in [0, 0.05) is 6.08 Å². The molecule has 6 nitrogen and oxygen atoms in total. The predicted molar refractivity (Wildman–Crippen MR) is 66.4 cm³/mol. The maximum atomic E-state index is 11.5. The number of carbonyl (C=O) groups excluding carboxylic acids is 3. The number of esters is 1. The van der Waals surface area contributed by atoms with Gasteiger partial charge in [-0.25, -0.2) is 9.59 Å². The van der Waals surface area contributed by atoms with Crippen LogP contribution in [0.4, 0.5) is 4.79 Å². The van der Waals surface area contributed by atoms with Crippen molar-refractivity contribution in [2.75, 3.05) is 0 Å². The van der Waals surface area contributed by atoms with Crippen LogP contribution < -0.4 is 11.1 Å². The molecule has 0 aliphatic heterocycles. The van der Waals surface area contributed by atoms with Gasteiger partial charge in [0.1, 0.15) is 0 Å². The van der Waals surface area contributed by atoms with Crippen molar-refractivity contribution in [2.24, 2.45) is 11.7 Å². The number of carbonyl (C=O) groups is 3. The van der Waals surface area contributed by atoms with Crippen LogP contribution in [0.3, 0.4) is 0 Å². The number of nitrogens with two attached hydrogens (primary N) is 1. The number of hydrogen-bond donors (Lipinski definition) is 2. The molecule has 6 heteroatoms. The van der Waals surface area contributed by atoms with E-state index in [1.165, 1.54) is 12.2 Å². The van der Waals surface area contributed by atoms with E-state index in [9.17, 15) is 14.4 Å². The summed E-state index contributed by atoms with van der Waals surface area (Å²) in [6.07, 6.45) is 5.01. The third-order valence-corrected chi connectivity index (χ3v) is 1.89. The zero-order valence-electron chi connectivity index (χ0n) is 10.7. The van der Waals surface area contributed by atoms with Crippen LogP contribution >= 0.6 is 0 Å². The lowest BCUT2D eigenvalue weighted by atomic mass is 10.1. The standard InChI is InChI=1S/C12H18N2O4/c1-4-5-6-7-9(15)18-10(8(2)3)11(16)14-12(13)17/h4-8,10H,1-3H3,(H3,13,14,16,17)/b5-4+,7-6+/t10-/m1/s1. The van der Waals surface area contributed by atoms with E-state index in [0.717, 1.165) is 0 Å². The van der Waals surface area contributed by atoms with Crippen LogP contribution in [-0.4, -0.2) is 24.0 Å². The van der Waals surface area contributed by atoms with Crippen molar-refractivity contribution in [1.29, 1.82) is 0 Å². The topological polar surface area (TPSA) is 98.5 Å². The number of amides is 3. The van der Waals surface area contributed by atoms with Gasteiger partial charge in [-0.3, -0.25) is 10.1 Å². The van der Waals surface area contributed by atoms with Gasteiger partial charge in [-0.1, -0.05) is 32.1 Å². The highest BCUT2D eigenvalue weighted by Crippen LogP contribution is 2.07. The first-order valence-corrected chi connectivity index (χ1v) is 5.48. The van der Waals surface area contributed by atoms with Crippen molar-refractivity contribution >= 4 is 17.9 Å². The molecule has 0 aliphatic rings. The molecule has 1 atom stereocenters. The van der Waals surface area contributed by atoms with Crippen LogP contribution in [0, 0.1) is 5.92 Å². The maximum absolute atomic E-state index is 11.5. The number of ether oxygens (including phenoxy) is 1. The van der Waals surface area contributed by atoms with Crippen LogP contribution in [0.1, 0.15) is 20.8 Å². The van der Waals surface area contributed by atoms with Gasteiger partial charge in [0.05, 0.1) is 0 Å². The molecule has 0 saturated heterocycles. The van der Waals surface area contributed by atoms with Gasteiger partial charge in [-0.15, -0.1) is 0 Å². The molecule has 0 aromatic carbocycles. The molecule has 0 aromatic heterocycles. The van der Waals surface area contributed by atoms with Crippen LogP contribution in [0.5, 0.6) is 0 Å². The first-order chi connectivity index (χ1) is 8.38. The highest BCUT2D eigenvalue weighted by atomic mass is 16.5. The van der Waals surface area contributed by atoms with Gasteiger partial charge in [0.2, 0.25) is 0 Å². The molecule has 0 rings (SSSR count). The monoisotopic (exact) mass is 254 g/mol. The average molecular weight is 254 g/mol. The predicted octanol–water partition coefficient (Wildman–Crippen LogP) is 0.881. The smallest absolute Gasteiger partial charge is 0.331 e. The minimum absolute atomic E-state index is 0.275. The second-order valence-corrected chi connectivity index (χ2v) is 3.84. The Morgan fingerprint density at radius 2 is 1.83 bits per heavy atom. The molecule has 100 valence electrons. The van der Waals surface area contributed by atoms with Gasteiger partial charge in [0.15, 0.2) is 6.10 Å². The van der Waals surface area contributed by atoms with E-state index in [4.69, 9.17) is 10.5 Å². The minimum atomic E-state index is -1.06. The van der Waals surface area contributed by atoms with E-state index >= 15 is 0 Å². The lowest BCUT2D eigenvalue weighted by Gasteiger charge is -2.18. The summed E-state index contributed by atoms with van der Waals surface area (Å²) >= 11 is 0. The summed E-state index contributed by atoms with van der Waals surface area (Å²) in [5.74, 6) is -1.67. The summed E-state index contributed by atoms with van der Waals surface area (Å²) in [7, 11) is 0. The summed E-state index contributed by atoms with van der Waals surface area (Å²) in [4.78, 5) is 33.5. The van der Waals surface area contributed by atoms with Crippen LogP contribution in [0.25, 0.3) is 0 Å². The minimum Gasteiger partial charge on any atom is -0.449 e. The van der Waals surface area contributed by atoms with Crippen molar-refractivity contribution in [3.05, 3.63) is 24.3 Å². The zero-order chi connectivity index (χ0) is 14.1. The molecule has 0 unspecified atom stereocenters. The molecule has 18 heavy (non-hydrogen) atoms. The maximum Gasteiger partial charge on any atom is 0.331 e. The molecule has 0 spiro atoms. The van der Waals surface area contributed by atoms with E-state index in [1.807, 2.05) is 5.32 Å². The number of allylic oxidation sites excluding steroid dienone is 3. The summed E-state index contributed by atoms with van der Waals surface area (Å²) in [6, 6.07) is -0.980. The number of urea groups is 1. The van der Waals surface area contributed by atoms with Crippen molar-refractivity contribution in [1.82, 2.24) is 5.32 Å². The van der Waals surface area contributed by atoms with E-state index in [-0.39, 0.29) is 5.92 Å². The lowest BCUT2D eigenvalue weighted by molar-refractivity contribution is -0.153. The molecule has 3 amide bonds. The Labute approximate surface area is 106 Å². The first kappa shape index (κ1) is 15.9. The molecule has 0 saturated carbocycles. The number of rotatable bonds is 5. The third-order valence-electron chi connectivity index (χ3n) is 1.89. The highest BCUT2D eigenvalue weighted by molar-refractivity contribution is 5.97. The molecule has 0 aromatic rings. The lowest BCUT2D eigenvalue weighted by Crippen LogP contribution is -2.45. The van der Waals surface area contributed by atoms with Crippen LogP contribution in [0.2, 0.25) is 0 Å². The fourth-order valence-electron chi connectivity index (χ4n) is 1.09. The summed E-state index contributed by atoms with van der Waals surface area (Å²) in [6.45, 7) is 5.18. The van der Waals surface area contributed by atoms with E-state index in [2.05, 4.69) is 0 Å². The van der Waals surface area contributed by atoms with Gasteiger partial charge >= 0.3 is 12.0 Å². The highest BCUT2D eigenvalue weighted by Gasteiger charge is 2.26. The van der Waals surface area contributed by atoms with Gasteiger partial charge in [-0.2, -0.15) is 0 Å². The quantitative estimate of drug-likeness (QED) is 0.432. The molecule has 0 aliphatic carbocycles. The summed E-state index contributed by atoms with van der Waals surface area (Å²) < 4.78 is 4.94. The van der Waals surface area contributed by atoms with E-state index in [0.29, 0.717) is 0 Å². The fourth-order valence-corrected chi connectivity index (χ4v) is 1.09. The Morgan fingerprint density at radius 3 is 2.28 bits per heavy atom. The van der Waals surface area contributed by atoms with Crippen molar-refractivity contribution in [3.8, 4) is 0 Å². The van der Waals surface area contributed by atoms with Crippen molar-refractivity contribution in [3.63, 3.8) is 0 Å². The Hall–Kier alpha value is -2.11. The molecule has 3 N–H and O–H groups in total. The molecule has 0 fully saturated rings. The second-order valence-electron chi connectivity index (χ2n) is 3.84. The Bertz CT molecular complexity index is 372. The van der Waals surface area contributed by atoms with E-state index in [1.54, 1.807) is 32.9 Å². The number of hydrogen-bond acceptors (Lipinski definition) is 4. The molecular weight excluding hydrogens is 236 g/mol. The second kappa shape index (κ2) is 8.05. The normalized spacial score (nSPS) is 12.9. The fraction of sp³-hybridized carbons (Fsp3) is 0.417. The number of nitrogens with one attached hydrogen (secondary N) is 1. The zero-order valence-corrected chi connectivity index (χ0v) is 10.7. The van der Waals surface area contributed by atoms with Gasteiger partial charge in [-0.05, 0) is 12.8 Å². The van der Waals surface area contributed by atoms with Crippen LogP contribution in [-0.2, 0) is 14.3 Å². The summed E-state index contributed by atoms with van der Waals surface area (Å²) in [5.41, 5.74) is 4.83. The number of imide groups is 1. The Kier molecular flexibility index (Phi) is 7.11. The van der Waals surface area contributed by atoms with Crippen molar-refractivity contribution in [2.45, 2.75) is 26.9 Å². The average Bonchev–Trinajstić information content (AvgIpc) is 2.24.